The summed E-state index contributed by atoms with van der Waals surface area (Å²) in [4.78, 5) is 12.8. The van der Waals surface area contributed by atoms with Gasteiger partial charge in [-0.25, -0.2) is 0 Å². The molecule has 0 radical (unpaired) electrons. The Bertz CT molecular complexity index is 371. The van der Waals surface area contributed by atoms with Gasteiger partial charge in [0.15, 0.2) is 0 Å². The van der Waals surface area contributed by atoms with Crippen LogP contribution in [0.2, 0.25) is 0 Å². The second-order valence-corrected chi connectivity index (χ2v) is 5.84. The van der Waals surface area contributed by atoms with E-state index in [4.69, 9.17) is 5.11 Å². The van der Waals surface area contributed by atoms with Crippen molar-refractivity contribution in [3.63, 3.8) is 0 Å². The number of rotatable bonds is 6. The monoisotopic (exact) mass is 255 g/mol. The fourth-order valence-electron chi connectivity index (χ4n) is 1.79. The average molecular weight is 255 g/mol. The van der Waals surface area contributed by atoms with Gasteiger partial charge in [-0.2, -0.15) is 0 Å². The van der Waals surface area contributed by atoms with Crippen LogP contribution >= 0.6 is 11.3 Å². The van der Waals surface area contributed by atoms with Crippen LogP contribution in [-0.4, -0.2) is 24.2 Å². The maximum atomic E-state index is 11.5. The van der Waals surface area contributed by atoms with Gasteiger partial charge in [0.1, 0.15) is 0 Å². The molecule has 0 saturated carbocycles. The largest absolute Gasteiger partial charge is 0.396 e. The summed E-state index contributed by atoms with van der Waals surface area (Å²) in [5.74, 6) is 0.0151. The highest BCUT2D eigenvalue weighted by Crippen LogP contribution is 2.30. The van der Waals surface area contributed by atoms with Crippen LogP contribution in [0.25, 0.3) is 0 Å². The molecule has 0 bridgehead atoms. The molecule has 0 aliphatic rings. The van der Waals surface area contributed by atoms with Crippen molar-refractivity contribution in [2.75, 3.05) is 13.2 Å². The first-order valence-electron chi connectivity index (χ1n) is 5.89. The van der Waals surface area contributed by atoms with E-state index in [1.807, 2.05) is 0 Å². The van der Waals surface area contributed by atoms with E-state index in [1.54, 1.807) is 11.3 Å². The summed E-state index contributed by atoms with van der Waals surface area (Å²) in [6.07, 6.45) is 0.931. The second-order valence-electron chi connectivity index (χ2n) is 4.92. The maximum absolute atomic E-state index is 11.5. The molecule has 96 valence electrons. The lowest BCUT2D eigenvalue weighted by molar-refractivity contribution is -0.121. The topological polar surface area (TPSA) is 49.3 Å². The number of carbonyl (C=O) groups excluding carboxylic acids is 1. The van der Waals surface area contributed by atoms with Crippen molar-refractivity contribution >= 4 is 17.2 Å². The molecule has 1 rings (SSSR count). The summed E-state index contributed by atoms with van der Waals surface area (Å²) in [5, 5.41) is 13.7. The smallest absolute Gasteiger partial charge is 0.220 e. The van der Waals surface area contributed by atoms with E-state index in [9.17, 15) is 4.79 Å². The first kappa shape index (κ1) is 14.2. The van der Waals surface area contributed by atoms with Gasteiger partial charge >= 0.3 is 0 Å². The number of thiophene rings is 1. The van der Waals surface area contributed by atoms with E-state index < -0.39 is 0 Å². The minimum Gasteiger partial charge on any atom is -0.396 e. The van der Waals surface area contributed by atoms with Gasteiger partial charge in [0.05, 0.1) is 0 Å². The van der Waals surface area contributed by atoms with Gasteiger partial charge in [0, 0.05) is 29.9 Å². The summed E-state index contributed by atoms with van der Waals surface area (Å²) >= 11 is 1.73. The normalized spacial score (nSPS) is 11.5. The van der Waals surface area contributed by atoms with Crippen LogP contribution in [0, 0.1) is 6.92 Å². The Hall–Kier alpha value is -0.870. The number of aliphatic hydroxyl groups is 1. The first-order chi connectivity index (χ1) is 7.97. The van der Waals surface area contributed by atoms with E-state index in [1.165, 1.54) is 10.4 Å². The Morgan fingerprint density at radius 2 is 2.24 bits per heavy atom. The number of hydrogen-bond acceptors (Lipinski definition) is 3. The van der Waals surface area contributed by atoms with Crippen molar-refractivity contribution in [3.05, 3.63) is 21.9 Å². The molecule has 1 amide bonds. The average Bonchev–Trinajstić information content (AvgIpc) is 2.71. The van der Waals surface area contributed by atoms with Crippen molar-refractivity contribution < 1.29 is 9.90 Å². The van der Waals surface area contributed by atoms with Crippen molar-refractivity contribution in [1.29, 1.82) is 0 Å². The molecule has 0 aliphatic carbocycles. The fourth-order valence-corrected chi connectivity index (χ4v) is 2.85. The van der Waals surface area contributed by atoms with Crippen molar-refractivity contribution in [2.45, 2.75) is 39.0 Å². The summed E-state index contributed by atoms with van der Waals surface area (Å²) in [6.45, 7) is 7.08. The van der Waals surface area contributed by atoms with E-state index in [-0.39, 0.29) is 17.9 Å². The van der Waals surface area contributed by atoms with Crippen LogP contribution in [0.3, 0.4) is 0 Å². The third-order valence-corrected chi connectivity index (χ3v) is 4.15. The first-order valence-corrected chi connectivity index (χ1v) is 6.77. The van der Waals surface area contributed by atoms with Crippen LogP contribution in [0.5, 0.6) is 0 Å². The minimum absolute atomic E-state index is 0.0151. The van der Waals surface area contributed by atoms with Gasteiger partial charge in [-0.1, -0.05) is 13.8 Å². The lowest BCUT2D eigenvalue weighted by Gasteiger charge is -2.25. The molecular weight excluding hydrogens is 234 g/mol. The van der Waals surface area contributed by atoms with Gasteiger partial charge < -0.3 is 10.4 Å². The molecule has 0 aromatic carbocycles. The Morgan fingerprint density at radius 1 is 1.53 bits per heavy atom. The highest BCUT2D eigenvalue weighted by Gasteiger charge is 2.24. The molecule has 4 heteroatoms. The minimum atomic E-state index is -0.0346. The third-order valence-electron chi connectivity index (χ3n) is 2.77. The Balaban J connectivity index is 2.50. The zero-order valence-corrected chi connectivity index (χ0v) is 11.6. The van der Waals surface area contributed by atoms with Gasteiger partial charge in [0.25, 0.3) is 0 Å². The molecule has 17 heavy (non-hydrogen) atoms. The molecule has 0 spiro atoms. The van der Waals surface area contributed by atoms with Crippen LogP contribution in [0.15, 0.2) is 11.4 Å². The van der Waals surface area contributed by atoms with Crippen LogP contribution in [0.1, 0.15) is 37.1 Å². The van der Waals surface area contributed by atoms with Gasteiger partial charge in [-0.05, 0) is 30.4 Å². The Kier molecular flexibility index (Phi) is 5.15. The fraction of sp³-hybridized carbons (Fsp3) is 0.615. The zero-order valence-electron chi connectivity index (χ0n) is 10.7. The second kappa shape index (κ2) is 6.17. The lowest BCUT2D eigenvalue weighted by atomic mass is 9.89. The number of nitrogens with one attached hydrogen (secondary N) is 1. The maximum Gasteiger partial charge on any atom is 0.220 e. The molecule has 0 atom stereocenters. The standard InChI is InChI=1S/C13H21NO2S/c1-10-6-8-17-12(10)13(2,3)9-14-11(16)5-4-7-15/h6,8,15H,4-5,7,9H2,1-3H3,(H,14,16). The van der Waals surface area contributed by atoms with Gasteiger partial charge in [-0.15, -0.1) is 11.3 Å². The number of hydrogen-bond donors (Lipinski definition) is 2. The van der Waals surface area contributed by atoms with Crippen LogP contribution in [0.4, 0.5) is 0 Å². The van der Waals surface area contributed by atoms with E-state index in [2.05, 4.69) is 37.5 Å². The molecule has 1 aromatic heterocycles. The molecule has 0 unspecified atom stereocenters. The SMILES string of the molecule is Cc1ccsc1C(C)(C)CNC(=O)CCCO. The molecule has 1 aromatic rings. The molecule has 1 heterocycles. The van der Waals surface area contributed by atoms with E-state index in [0.717, 1.165) is 0 Å². The number of carbonyl (C=O) groups is 1. The number of amides is 1. The molecular formula is C13H21NO2S. The molecule has 3 nitrogen and oxygen atoms in total. The predicted octanol–water partition coefficient (Wildman–Crippen LogP) is 2.22. The predicted molar refractivity (Wildman–Crippen MR) is 71.4 cm³/mol. The van der Waals surface area contributed by atoms with E-state index in [0.29, 0.717) is 19.4 Å². The van der Waals surface area contributed by atoms with Gasteiger partial charge in [0.2, 0.25) is 5.91 Å². The summed E-state index contributed by atoms with van der Waals surface area (Å²) in [6, 6.07) is 2.11. The zero-order chi connectivity index (χ0) is 12.9. The van der Waals surface area contributed by atoms with Gasteiger partial charge in [-0.3, -0.25) is 4.79 Å². The van der Waals surface area contributed by atoms with Crippen LogP contribution < -0.4 is 5.32 Å². The summed E-state index contributed by atoms with van der Waals surface area (Å²) < 4.78 is 0. The Morgan fingerprint density at radius 3 is 2.76 bits per heavy atom. The van der Waals surface area contributed by atoms with E-state index >= 15 is 0 Å². The number of aliphatic hydroxyl groups excluding tert-OH is 1. The molecule has 0 saturated heterocycles. The lowest BCUT2D eigenvalue weighted by Crippen LogP contribution is -2.36. The third kappa shape index (κ3) is 4.13. The van der Waals surface area contributed by atoms with Crippen molar-refractivity contribution in [1.82, 2.24) is 5.32 Å². The summed E-state index contributed by atoms with van der Waals surface area (Å²) in [5.41, 5.74) is 1.25. The molecule has 0 fully saturated rings. The highest BCUT2D eigenvalue weighted by molar-refractivity contribution is 7.10. The summed E-state index contributed by atoms with van der Waals surface area (Å²) in [7, 11) is 0. The molecule has 0 aliphatic heterocycles. The number of aryl methyl sites for hydroxylation is 1. The van der Waals surface area contributed by atoms with Crippen molar-refractivity contribution in [2.24, 2.45) is 0 Å². The van der Waals surface area contributed by atoms with Crippen LogP contribution in [-0.2, 0) is 10.2 Å². The quantitative estimate of drug-likeness (QED) is 0.819. The molecule has 2 N–H and O–H groups in total. The van der Waals surface area contributed by atoms with Crippen molar-refractivity contribution in [3.8, 4) is 0 Å². The highest BCUT2D eigenvalue weighted by atomic mass is 32.1. The Labute approximate surface area is 107 Å².